The Bertz CT molecular complexity index is 383. The molecule has 0 bridgehead atoms. The molecule has 2 N–H and O–H groups in total. The van der Waals surface area contributed by atoms with Gasteiger partial charge in [-0.25, -0.2) is 9.97 Å². The van der Waals surface area contributed by atoms with Crippen LogP contribution in [-0.4, -0.2) is 40.8 Å². The Labute approximate surface area is 102 Å². The molecule has 0 saturated carbocycles. The fourth-order valence-electron chi connectivity index (χ4n) is 2.30. The first-order chi connectivity index (χ1) is 8.24. The minimum atomic E-state index is 0.194. The van der Waals surface area contributed by atoms with Crippen LogP contribution in [0.15, 0.2) is 6.07 Å². The molecule has 1 fully saturated rings. The third-order valence-electron chi connectivity index (χ3n) is 3.06. The highest BCUT2D eigenvalue weighted by atomic mass is 16.3. The van der Waals surface area contributed by atoms with Gasteiger partial charge < -0.3 is 15.3 Å². The van der Waals surface area contributed by atoms with Crippen LogP contribution in [-0.2, 0) is 0 Å². The number of nitrogens with zero attached hydrogens (tertiary/aromatic N) is 3. The number of nitrogens with one attached hydrogen (secondary N) is 1. The summed E-state index contributed by atoms with van der Waals surface area (Å²) in [5, 5.41) is 12.5. The zero-order valence-corrected chi connectivity index (χ0v) is 10.5. The van der Waals surface area contributed by atoms with Crippen LogP contribution in [0.4, 0.5) is 11.6 Å². The van der Waals surface area contributed by atoms with Crippen molar-refractivity contribution < 1.29 is 5.11 Å². The largest absolute Gasteiger partial charge is 0.394 e. The molecule has 1 unspecified atom stereocenters. The van der Waals surface area contributed by atoms with Gasteiger partial charge in [0.2, 0.25) is 0 Å². The summed E-state index contributed by atoms with van der Waals surface area (Å²) in [4.78, 5) is 11.0. The second-order valence-electron chi connectivity index (χ2n) is 4.36. The van der Waals surface area contributed by atoms with Gasteiger partial charge in [0.05, 0.1) is 12.6 Å². The fraction of sp³-hybridized carbons (Fsp3) is 0.667. The molecule has 0 radical (unpaired) electrons. The van der Waals surface area contributed by atoms with Crippen LogP contribution in [0, 0.1) is 6.92 Å². The molecule has 5 nitrogen and oxygen atoms in total. The van der Waals surface area contributed by atoms with E-state index in [1.54, 1.807) is 0 Å². The van der Waals surface area contributed by atoms with Gasteiger partial charge in [-0.15, -0.1) is 0 Å². The minimum absolute atomic E-state index is 0.194. The lowest BCUT2D eigenvalue weighted by Crippen LogP contribution is -2.33. The third kappa shape index (κ3) is 2.66. The lowest BCUT2D eigenvalue weighted by Gasteiger charge is -2.24. The molecule has 0 aliphatic carbocycles. The molecule has 0 spiro atoms. The van der Waals surface area contributed by atoms with Crippen molar-refractivity contribution in [2.24, 2.45) is 0 Å². The molecule has 1 saturated heterocycles. The first kappa shape index (κ1) is 12.1. The summed E-state index contributed by atoms with van der Waals surface area (Å²) in [6.07, 6.45) is 2.15. The minimum Gasteiger partial charge on any atom is -0.394 e. The first-order valence-electron chi connectivity index (χ1n) is 6.21. The Morgan fingerprint density at radius 2 is 2.35 bits per heavy atom. The number of aromatic nitrogens is 2. The summed E-state index contributed by atoms with van der Waals surface area (Å²) in [7, 11) is 0. The molecule has 1 aromatic heterocycles. The second kappa shape index (κ2) is 5.31. The molecule has 5 heteroatoms. The van der Waals surface area contributed by atoms with E-state index in [1.807, 2.05) is 19.9 Å². The van der Waals surface area contributed by atoms with Gasteiger partial charge in [0.25, 0.3) is 0 Å². The van der Waals surface area contributed by atoms with Crippen molar-refractivity contribution in [1.29, 1.82) is 0 Å². The third-order valence-corrected chi connectivity index (χ3v) is 3.06. The van der Waals surface area contributed by atoms with E-state index in [9.17, 15) is 5.11 Å². The van der Waals surface area contributed by atoms with Crippen molar-refractivity contribution in [2.45, 2.75) is 32.7 Å². The predicted molar refractivity (Wildman–Crippen MR) is 68.4 cm³/mol. The molecule has 2 heterocycles. The first-order valence-corrected chi connectivity index (χ1v) is 6.21. The van der Waals surface area contributed by atoms with E-state index in [1.165, 1.54) is 0 Å². The normalized spacial score (nSPS) is 19.7. The maximum atomic E-state index is 9.34. The van der Waals surface area contributed by atoms with Crippen LogP contribution in [0.3, 0.4) is 0 Å². The Kier molecular flexibility index (Phi) is 3.78. The maximum absolute atomic E-state index is 9.34. The average Bonchev–Trinajstić information content (AvgIpc) is 2.76. The van der Waals surface area contributed by atoms with Crippen LogP contribution in [0.5, 0.6) is 0 Å². The van der Waals surface area contributed by atoms with Gasteiger partial charge >= 0.3 is 0 Å². The summed E-state index contributed by atoms with van der Waals surface area (Å²) >= 11 is 0. The molecule has 0 aromatic carbocycles. The summed E-state index contributed by atoms with van der Waals surface area (Å²) in [5.74, 6) is 2.55. The van der Waals surface area contributed by atoms with Crippen LogP contribution in [0.25, 0.3) is 0 Å². The molecule has 1 atom stereocenters. The highest BCUT2D eigenvalue weighted by Crippen LogP contribution is 2.25. The van der Waals surface area contributed by atoms with E-state index >= 15 is 0 Å². The van der Waals surface area contributed by atoms with Crippen LogP contribution >= 0.6 is 0 Å². The molecular formula is C12H20N4O. The zero-order valence-electron chi connectivity index (χ0n) is 10.5. The number of hydrogen-bond acceptors (Lipinski definition) is 5. The van der Waals surface area contributed by atoms with Gasteiger partial charge in [0.1, 0.15) is 17.5 Å². The summed E-state index contributed by atoms with van der Waals surface area (Å²) in [5.41, 5.74) is 0. The Balaban J connectivity index is 2.24. The molecule has 1 aliphatic heterocycles. The Morgan fingerprint density at radius 1 is 1.53 bits per heavy atom. The molecular weight excluding hydrogens is 216 g/mol. The van der Waals surface area contributed by atoms with Gasteiger partial charge in [-0.2, -0.15) is 0 Å². The van der Waals surface area contributed by atoms with Crippen molar-refractivity contribution in [3.05, 3.63) is 11.9 Å². The van der Waals surface area contributed by atoms with Gasteiger partial charge in [-0.1, -0.05) is 0 Å². The quantitative estimate of drug-likeness (QED) is 0.822. The second-order valence-corrected chi connectivity index (χ2v) is 4.36. The highest BCUT2D eigenvalue weighted by molar-refractivity contribution is 5.50. The number of hydrogen-bond donors (Lipinski definition) is 2. The lowest BCUT2D eigenvalue weighted by molar-refractivity contribution is 0.266. The van der Waals surface area contributed by atoms with E-state index in [0.29, 0.717) is 0 Å². The Morgan fingerprint density at radius 3 is 3.06 bits per heavy atom. The standard InChI is InChI=1S/C12H20N4O/c1-3-13-11-7-12(15-9(2)14-11)16-6-4-5-10(16)8-17/h7,10,17H,3-6,8H2,1-2H3,(H,13,14,15). The molecule has 1 aromatic rings. The summed E-state index contributed by atoms with van der Waals surface area (Å²) in [6, 6.07) is 2.17. The fourth-order valence-corrected chi connectivity index (χ4v) is 2.30. The molecule has 94 valence electrons. The van der Waals surface area contributed by atoms with E-state index in [0.717, 1.165) is 43.4 Å². The number of aryl methyl sites for hydroxylation is 1. The number of aliphatic hydroxyl groups excluding tert-OH is 1. The highest BCUT2D eigenvalue weighted by Gasteiger charge is 2.25. The predicted octanol–water partition coefficient (Wildman–Crippen LogP) is 1.18. The molecule has 0 amide bonds. The number of anilines is 2. The van der Waals surface area contributed by atoms with Gasteiger partial charge in [0.15, 0.2) is 0 Å². The zero-order chi connectivity index (χ0) is 12.3. The van der Waals surface area contributed by atoms with Crippen molar-refractivity contribution in [3.8, 4) is 0 Å². The van der Waals surface area contributed by atoms with Gasteiger partial charge in [-0.3, -0.25) is 0 Å². The van der Waals surface area contributed by atoms with E-state index in [2.05, 4.69) is 20.2 Å². The monoisotopic (exact) mass is 236 g/mol. The van der Waals surface area contributed by atoms with Crippen LogP contribution < -0.4 is 10.2 Å². The Hall–Kier alpha value is -1.36. The SMILES string of the molecule is CCNc1cc(N2CCCC2CO)nc(C)n1. The van der Waals surface area contributed by atoms with Crippen molar-refractivity contribution in [2.75, 3.05) is 29.9 Å². The van der Waals surface area contributed by atoms with Crippen LogP contribution in [0.2, 0.25) is 0 Å². The average molecular weight is 236 g/mol. The number of aliphatic hydroxyl groups is 1. The lowest BCUT2D eigenvalue weighted by atomic mass is 10.2. The van der Waals surface area contributed by atoms with E-state index in [-0.39, 0.29) is 12.6 Å². The van der Waals surface area contributed by atoms with Crippen molar-refractivity contribution >= 4 is 11.6 Å². The molecule has 17 heavy (non-hydrogen) atoms. The smallest absolute Gasteiger partial charge is 0.134 e. The van der Waals surface area contributed by atoms with E-state index < -0.39 is 0 Å². The molecule has 1 aliphatic rings. The van der Waals surface area contributed by atoms with Crippen molar-refractivity contribution in [1.82, 2.24) is 9.97 Å². The number of rotatable bonds is 4. The molecule has 2 rings (SSSR count). The summed E-state index contributed by atoms with van der Waals surface area (Å²) in [6.45, 7) is 5.95. The van der Waals surface area contributed by atoms with Crippen LogP contribution in [0.1, 0.15) is 25.6 Å². The van der Waals surface area contributed by atoms with Crippen molar-refractivity contribution in [3.63, 3.8) is 0 Å². The maximum Gasteiger partial charge on any atom is 0.134 e. The van der Waals surface area contributed by atoms with Gasteiger partial charge in [-0.05, 0) is 26.7 Å². The van der Waals surface area contributed by atoms with Gasteiger partial charge in [0, 0.05) is 19.2 Å². The summed E-state index contributed by atoms with van der Waals surface area (Å²) < 4.78 is 0. The van der Waals surface area contributed by atoms with E-state index in [4.69, 9.17) is 0 Å². The topological polar surface area (TPSA) is 61.3 Å².